The fourth-order valence-electron chi connectivity index (χ4n) is 2.94. The van der Waals surface area contributed by atoms with E-state index >= 15 is 0 Å². The van der Waals surface area contributed by atoms with Gasteiger partial charge in [-0.1, -0.05) is 11.6 Å². The first-order valence-electron chi connectivity index (χ1n) is 7.62. The molecular weight excluding hydrogens is 291 g/mol. The fraction of sp³-hybridized carbons (Fsp3) is 0.562. The Balaban J connectivity index is 1.73. The maximum absolute atomic E-state index is 13.6. The van der Waals surface area contributed by atoms with Gasteiger partial charge in [-0.3, -0.25) is 4.79 Å². The van der Waals surface area contributed by atoms with Gasteiger partial charge >= 0.3 is 0 Å². The van der Waals surface area contributed by atoms with Gasteiger partial charge in [0.05, 0.1) is 5.02 Å². The van der Waals surface area contributed by atoms with Crippen molar-refractivity contribution < 1.29 is 9.18 Å². The Hall–Kier alpha value is -1.13. The highest BCUT2D eigenvalue weighted by Crippen LogP contribution is 2.30. The summed E-state index contributed by atoms with van der Waals surface area (Å²) in [5, 5.41) is 3.44. The maximum atomic E-state index is 13.6. The molecule has 0 bridgehead atoms. The van der Waals surface area contributed by atoms with Crippen molar-refractivity contribution in [3.8, 4) is 0 Å². The molecular formula is C16H20ClFN2O. The molecule has 21 heavy (non-hydrogen) atoms. The molecule has 1 amide bonds. The van der Waals surface area contributed by atoms with Gasteiger partial charge < -0.3 is 10.2 Å². The van der Waals surface area contributed by atoms with Crippen LogP contribution < -0.4 is 5.32 Å². The van der Waals surface area contributed by atoms with Crippen molar-refractivity contribution in [1.82, 2.24) is 10.2 Å². The van der Waals surface area contributed by atoms with Crippen LogP contribution in [0.4, 0.5) is 4.39 Å². The van der Waals surface area contributed by atoms with E-state index in [0.717, 1.165) is 45.3 Å². The second kappa shape index (κ2) is 6.32. The third-order valence-electron chi connectivity index (χ3n) is 4.27. The summed E-state index contributed by atoms with van der Waals surface area (Å²) in [5.41, 5.74) is 0.396. The average molecular weight is 311 g/mol. The average Bonchev–Trinajstić information content (AvgIpc) is 3.33. The van der Waals surface area contributed by atoms with Crippen LogP contribution in [0.5, 0.6) is 0 Å². The molecule has 1 unspecified atom stereocenters. The number of nitrogens with zero attached hydrogens (tertiary/aromatic N) is 1. The summed E-state index contributed by atoms with van der Waals surface area (Å²) in [6.45, 7) is 2.79. The number of carbonyl (C=O) groups is 1. The van der Waals surface area contributed by atoms with E-state index in [-0.39, 0.29) is 10.9 Å². The van der Waals surface area contributed by atoms with Gasteiger partial charge in [-0.05, 0) is 62.9 Å². The molecule has 1 atom stereocenters. The lowest BCUT2D eigenvalue weighted by Crippen LogP contribution is -2.42. The number of benzene rings is 1. The molecule has 2 fully saturated rings. The second-order valence-corrected chi connectivity index (χ2v) is 6.44. The topological polar surface area (TPSA) is 32.3 Å². The first-order valence-corrected chi connectivity index (χ1v) is 7.99. The minimum atomic E-state index is -0.530. The van der Waals surface area contributed by atoms with Gasteiger partial charge in [0.15, 0.2) is 0 Å². The van der Waals surface area contributed by atoms with Gasteiger partial charge in [-0.25, -0.2) is 4.39 Å². The monoisotopic (exact) mass is 310 g/mol. The van der Waals surface area contributed by atoms with Crippen molar-refractivity contribution in [2.45, 2.75) is 31.7 Å². The number of hydrogen-bond acceptors (Lipinski definition) is 2. The van der Waals surface area contributed by atoms with E-state index in [0.29, 0.717) is 17.5 Å². The van der Waals surface area contributed by atoms with E-state index < -0.39 is 5.82 Å². The van der Waals surface area contributed by atoms with Gasteiger partial charge in [0.25, 0.3) is 5.91 Å². The Morgan fingerprint density at radius 1 is 1.38 bits per heavy atom. The summed E-state index contributed by atoms with van der Waals surface area (Å²) in [6.07, 6.45) is 4.43. The third-order valence-corrected chi connectivity index (χ3v) is 4.58. The Morgan fingerprint density at radius 3 is 2.81 bits per heavy atom. The highest BCUT2D eigenvalue weighted by molar-refractivity contribution is 6.30. The smallest absolute Gasteiger partial charge is 0.254 e. The highest BCUT2D eigenvalue weighted by Gasteiger charge is 2.34. The van der Waals surface area contributed by atoms with Crippen LogP contribution in [0, 0.1) is 11.7 Å². The largest absolute Gasteiger partial charge is 0.335 e. The number of halogens is 2. The van der Waals surface area contributed by atoms with Crippen LogP contribution in [-0.2, 0) is 0 Å². The molecule has 0 radical (unpaired) electrons. The summed E-state index contributed by atoms with van der Waals surface area (Å²) < 4.78 is 13.6. The normalized spacial score (nSPS) is 22.1. The minimum Gasteiger partial charge on any atom is -0.335 e. The molecule has 5 heteroatoms. The molecule has 0 aromatic heterocycles. The molecule has 3 nitrogen and oxygen atoms in total. The number of hydrogen-bond donors (Lipinski definition) is 1. The number of amides is 1. The third kappa shape index (κ3) is 3.55. The Bertz CT molecular complexity index is 527. The quantitative estimate of drug-likeness (QED) is 0.927. The van der Waals surface area contributed by atoms with Crippen molar-refractivity contribution in [1.29, 1.82) is 0 Å². The van der Waals surface area contributed by atoms with Gasteiger partial charge in [0.1, 0.15) is 5.82 Å². The first kappa shape index (κ1) is 14.8. The summed E-state index contributed by atoms with van der Waals surface area (Å²) in [7, 11) is 0. The SMILES string of the molecule is O=C(c1ccc(Cl)c(F)c1)N(CC1CCCNC1)C1CC1. The predicted molar refractivity (Wildman–Crippen MR) is 81.1 cm³/mol. The standard InChI is InChI=1S/C16H20ClFN2O/c17-14-6-3-12(8-15(14)18)16(21)20(13-4-5-13)10-11-2-1-7-19-9-11/h3,6,8,11,13,19H,1-2,4-5,7,9-10H2. The van der Waals surface area contributed by atoms with Crippen LogP contribution in [0.2, 0.25) is 5.02 Å². The van der Waals surface area contributed by atoms with Crippen molar-refractivity contribution in [3.63, 3.8) is 0 Å². The van der Waals surface area contributed by atoms with Crippen LogP contribution in [0.1, 0.15) is 36.0 Å². The number of piperidine rings is 1. The fourth-order valence-corrected chi connectivity index (χ4v) is 3.05. The van der Waals surface area contributed by atoms with E-state index in [1.54, 1.807) is 6.07 Å². The van der Waals surface area contributed by atoms with E-state index in [4.69, 9.17) is 11.6 Å². The van der Waals surface area contributed by atoms with E-state index in [1.165, 1.54) is 12.1 Å². The van der Waals surface area contributed by atoms with Crippen LogP contribution in [0.25, 0.3) is 0 Å². The molecule has 1 aromatic carbocycles. The van der Waals surface area contributed by atoms with Crippen molar-refractivity contribution in [2.75, 3.05) is 19.6 Å². The van der Waals surface area contributed by atoms with Gasteiger partial charge in [-0.15, -0.1) is 0 Å². The number of rotatable bonds is 4. The van der Waals surface area contributed by atoms with Crippen molar-refractivity contribution in [2.24, 2.45) is 5.92 Å². The lowest BCUT2D eigenvalue weighted by Gasteiger charge is -2.30. The molecule has 0 spiro atoms. The predicted octanol–water partition coefficient (Wildman–Crippen LogP) is 3.08. The molecule has 114 valence electrons. The van der Waals surface area contributed by atoms with Crippen LogP contribution in [0.15, 0.2) is 18.2 Å². The molecule has 2 aliphatic rings. The summed E-state index contributed by atoms with van der Waals surface area (Å²) >= 11 is 5.69. The highest BCUT2D eigenvalue weighted by atomic mass is 35.5. The van der Waals surface area contributed by atoms with Crippen molar-refractivity contribution in [3.05, 3.63) is 34.6 Å². The van der Waals surface area contributed by atoms with E-state index in [9.17, 15) is 9.18 Å². The summed E-state index contributed by atoms with van der Waals surface area (Å²) in [6, 6.07) is 4.65. The Kier molecular flexibility index (Phi) is 4.45. The van der Waals surface area contributed by atoms with Gasteiger partial charge in [0, 0.05) is 18.2 Å². The molecule has 3 rings (SSSR count). The summed E-state index contributed by atoms with van der Waals surface area (Å²) in [5.74, 6) is -0.100. The molecule has 1 saturated heterocycles. The van der Waals surface area contributed by atoms with Crippen LogP contribution >= 0.6 is 11.6 Å². The molecule has 1 aromatic rings. The molecule has 1 heterocycles. The number of carbonyl (C=O) groups excluding carboxylic acids is 1. The zero-order valence-corrected chi connectivity index (χ0v) is 12.7. The van der Waals surface area contributed by atoms with E-state index in [1.807, 2.05) is 4.90 Å². The van der Waals surface area contributed by atoms with Crippen molar-refractivity contribution >= 4 is 17.5 Å². The minimum absolute atomic E-state index is 0.0565. The van der Waals surface area contributed by atoms with Crippen LogP contribution in [0.3, 0.4) is 0 Å². The van der Waals surface area contributed by atoms with Gasteiger partial charge in [0.2, 0.25) is 0 Å². The maximum Gasteiger partial charge on any atom is 0.254 e. The zero-order valence-electron chi connectivity index (χ0n) is 11.9. The Morgan fingerprint density at radius 2 is 2.19 bits per heavy atom. The molecule has 1 aliphatic carbocycles. The Labute approximate surface area is 129 Å². The second-order valence-electron chi connectivity index (χ2n) is 6.03. The first-order chi connectivity index (χ1) is 10.1. The van der Waals surface area contributed by atoms with E-state index in [2.05, 4.69) is 5.32 Å². The lowest BCUT2D eigenvalue weighted by molar-refractivity contribution is 0.0703. The molecule has 1 aliphatic heterocycles. The zero-order chi connectivity index (χ0) is 14.8. The number of nitrogens with one attached hydrogen (secondary N) is 1. The lowest BCUT2D eigenvalue weighted by atomic mass is 9.98. The van der Waals surface area contributed by atoms with Gasteiger partial charge in [-0.2, -0.15) is 0 Å². The summed E-state index contributed by atoms with van der Waals surface area (Å²) in [4.78, 5) is 14.6. The van der Waals surface area contributed by atoms with Crippen LogP contribution in [-0.4, -0.2) is 36.5 Å². The molecule has 1 saturated carbocycles. The molecule has 1 N–H and O–H groups in total.